The summed E-state index contributed by atoms with van der Waals surface area (Å²) in [7, 11) is 0. The van der Waals surface area contributed by atoms with Gasteiger partial charge in [0.2, 0.25) is 0 Å². The molecule has 0 aromatic heterocycles. The molecule has 1 N–H and O–H groups in total. The summed E-state index contributed by atoms with van der Waals surface area (Å²) >= 11 is 0. The minimum Gasteiger partial charge on any atom is -0.382 e. The molecule has 1 spiro atoms. The SMILES string of the molecule is CC(C)(C)c1ccc(NCC2CCC3(CCCC3)O2)cc1. The van der Waals surface area contributed by atoms with Gasteiger partial charge >= 0.3 is 0 Å². The highest BCUT2D eigenvalue weighted by Gasteiger charge is 2.41. The van der Waals surface area contributed by atoms with Crippen LogP contribution in [-0.4, -0.2) is 18.2 Å². The average molecular weight is 287 g/mol. The lowest BCUT2D eigenvalue weighted by atomic mass is 9.87. The van der Waals surface area contributed by atoms with E-state index >= 15 is 0 Å². The van der Waals surface area contributed by atoms with Gasteiger partial charge in [-0.1, -0.05) is 45.7 Å². The summed E-state index contributed by atoms with van der Waals surface area (Å²) in [6, 6.07) is 8.86. The van der Waals surface area contributed by atoms with Crippen molar-refractivity contribution in [3.05, 3.63) is 29.8 Å². The van der Waals surface area contributed by atoms with E-state index in [0.717, 1.165) is 6.54 Å². The van der Waals surface area contributed by atoms with Gasteiger partial charge in [0.15, 0.2) is 0 Å². The van der Waals surface area contributed by atoms with Crippen LogP contribution in [0.3, 0.4) is 0 Å². The van der Waals surface area contributed by atoms with E-state index in [9.17, 15) is 0 Å². The van der Waals surface area contributed by atoms with Crippen LogP contribution in [-0.2, 0) is 10.2 Å². The molecular formula is C19H29NO. The second-order valence-electron chi connectivity index (χ2n) is 7.88. The van der Waals surface area contributed by atoms with E-state index in [2.05, 4.69) is 50.4 Å². The fraction of sp³-hybridized carbons (Fsp3) is 0.684. The molecule has 3 rings (SSSR count). The van der Waals surface area contributed by atoms with Crippen LogP contribution in [0.5, 0.6) is 0 Å². The minimum absolute atomic E-state index is 0.224. The lowest BCUT2D eigenvalue weighted by Gasteiger charge is -2.24. The molecule has 0 radical (unpaired) electrons. The predicted molar refractivity (Wildman–Crippen MR) is 88.9 cm³/mol. The van der Waals surface area contributed by atoms with E-state index in [0.29, 0.717) is 6.10 Å². The van der Waals surface area contributed by atoms with E-state index < -0.39 is 0 Å². The molecule has 1 heterocycles. The predicted octanol–water partition coefficient (Wildman–Crippen LogP) is 4.89. The third kappa shape index (κ3) is 3.42. The molecule has 0 amide bonds. The molecule has 2 aliphatic rings. The quantitative estimate of drug-likeness (QED) is 0.854. The summed E-state index contributed by atoms with van der Waals surface area (Å²) in [6.45, 7) is 7.70. The maximum Gasteiger partial charge on any atom is 0.0756 e. The Morgan fingerprint density at radius 2 is 1.76 bits per heavy atom. The summed E-state index contributed by atoms with van der Waals surface area (Å²) in [6.07, 6.45) is 8.15. The molecule has 116 valence electrons. The number of hydrogen-bond acceptors (Lipinski definition) is 2. The molecule has 1 saturated carbocycles. The molecule has 2 heteroatoms. The standard InChI is InChI=1S/C19H29NO/c1-18(2,3)15-6-8-16(9-7-15)20-14-17-10-13-19(21-17)11-4-5-12-19/h6-9,17,20H,4-5,10-14H2,1-3H3. The summed E-state index contributed by atoms with van der Waals surface area (Å²) in [5.41, 5.74) is 3.07. The van der Waals surface area contributed by atoms with Gasteiger partial charge < -0.3 is 10.1 Å². The van der Waals surface area contributed by atoms with Crippen LogP contribution in [0.25, 0.3) is 0 Å². The molecule has 1 aromatic carbocycles. The molecule has 21 heavy (non-hydrogen) atoms. The van der Waals surface area contributed by atoms with E-state index in [-0.39, 0.29) is 11.0 Å². The van der Waals surface area contributed by atoms with Gasteiger partial charge in [-0.3, -0.25) is 0 Å². The first-order valence-electron chi connectivity index (χ1n) is 8.49. The van der Waals surface area contributed by atoms with Gasteiger partial charge in [-0.2, -0.15) is 0 Å². The number of anilines is 1. The van der Waals surface area contributed by atoms with Gasteiger partial charge in [-0.05, 0) is 48.8 Å². The molecule has 2 nitrogen and oxygen atoms in total. The molecule has 1 atom stereocenters. The van der Waals surface area contributed by atoms with E-state index in [1.165, 1.54) is 49.8 Å². The molecule has 1 unspecified atom stereocenters. The first-order valence-corrected chi connectivity index (χ1v) is 8.49. The van der Waals surface area contributed by atoms with Crippen molar-refractivity contribution < 1.29 is 4.74 Å². The number of benzene rings is 1. The van der Waals surface area contributed by atoms with Crippen LogP contribution < -0.4 is 5.32 Å². The van der Waals surface area contributed by atoms with Crippen molar-refractivity contribution in [3.8, 4) is 0 Å². The normalized spacial score (nSPS) is 24.6. The first kappa shape index (κ1) is 14.9. The lowest BCUT2D eigenvalue weighted by molar-refractivity contribution is -0.0307. The van der Waals surface area contributed by atoms with Gasteiger partial charge in [0.05, 0.1) is 11.7 Å². The largest absolute Gasteiger partial charge is 0.382 e. The second kappa shape index (κ2) is 5.64. The number of hydrogen-bond donors (Lipinski definition) is 1. The van der Waals surface area contributed by atoms with Crippen LogP contribution in [0.15, 0.2) is 24.3 Å². The second-order valence-corrected chi connectivity index (χ2v) is 7.88. The Bertz CT molecular complexity index is 465. The third-order valence-electron chi connectivity index (χ3n) is 5.14. The Labute approximate surface area is 129 Å². The molecule has 1 aliphatic heterocycles. The van der Waals surface area contributed by atoms with Crippen molar-refractivity contribution >= 4 is 5.69 Å². The molecule has 1 saturated heterocycles. The van der Waals surface area contributed by atoms with Gasteiger partial charge in [0.25, 0.3) is 0 Å². The highest BCUT2D eigenvalue weighted by atomic mass is 16.5. The van der Waals surface area contributed by atoms with Crippen molar-refractivity contribution in [1.82, 2.24) is 0 Å². The molecular weight excluding hydrogens is 258 g/mol. The van der Waals surface area contributed by atoms with Crippen molar-refractivity contribution in [3.63, 3.8) is 0 Å². The Morgan fingerprint density at radius 3 is 2.38 bits per heavy atom. The van der Waals surface area contributed by atoms with Crippen LogP contribution in [0.1, 0.15) is 64.9 Å². The Balaban J connectivity index is 1.52. The van der Waals surface area contributed by atoms with Crippen molar-refractivity contribution in [2.75, 3.05) is 11.9 Å². The van der Waals surface area contributed by atoms with Crippen LogP contribution in [0, 0.1) is 0 Å². The molecule has 2 fully saturated rings. The monoisotopic (exact) mass is 287 g/mol. The molecule has 0 bridgehead atoms. The van der Waals surface area contributed by atoms with Crippen LogP contribution in [0.4, 0.5) is 5.69 Å². The maximum absolute atomic E-state index is 6.35. The number of nitrogens with one attached hydrogen (secondary N) is 1. The van der Waals surface area contributed by atoms with Crippen LogP contribution >= 0.6 is 0 Å². The summed E-state index contributed by atoms with van der Waals surface area (Å²) in [5.74, 6) is 0. The fourth-order valence-corrected chi connectivity index (χ4v) is 3.75. The first-order chi connectivity index (χ1) is 9.97. The zero-order valence-electron chi connectivity index (χ0n) is 13.7. The highest BCUT2D eigenvalue weighted by molar-refractivity contribution is 5.45. The molecule has 1 aliphatic carbocycles. The van der Waals surface area contributed by atoms with Crippen molar-refractivity contribution in [2.45, 2.75) is 76.4 Å². The van der Waals surface area contributed by atoms with Crippen molar-refractivity contribution in [2.24, 2.45) is 0 Å². The zero-order valence-corrected chi connectivity index (χ0v) is 13.7. The Kier molecular flexibility index (Phi) is 4.00. The number of ether oxygens (including phenoxy) is 1. The minimum atomic E-state index is 0.224. The number of rotatable bonds is 3. The topological polar surface area (TPSA) is 21.3 Å². The summed E-state index contributed by atoms with van der Waals surface area (Å²) in [4.78, 5) is 0. The van der Waals surface area contributed by atoms with Crippen molar-refractivity contribution in [1.29, 1.82) is 0 Å². The smallest absolute Gasteiger partial charge is 0.0756 e. The molecule has 1 aromatic rings. The fourth-order valence-electron chi connectivity index (χ4n) is 3.75. The van der Waals surface area contributed by atoms with Gasteiger partial charge in [-0.25, -0.2) is 0 Å². The third-order valence-corrected chi connectivity index (χ3v) is 5.14. The Hall–Kier alpha value is -1.02. The summed E-state index contributed by atoms with van der Waals surface area (Å²) in [5, 5.41) is 3.55. The average Bonchev–Trinajstić information content (AvgIpc) is 3.07. The van der Waals surface area contributed by atoms with E-state index in [1.807, 2.05) is 0 Å². The summed E-state index contributed by atoms with van der Waals surface area (Å²) < 4.78 is 6.35. The maximum atomic E-state index is 6.35. The van der Waals surface area contributed by atoms with Gasteiger partial charge in [-0.15, -0.1) is 0 Å². The lowest BCUT2D eigenvalue weighted by Crippen LogP contribution is -2.27. The van der Waals surface area contributed by atoms with E-state index in [1.54, 1.807) is 0 Å². The van der Waals surface area contributed by atoms with E-state index in [4.69, 9.17) is 4.74 Å². The van der Waals surface area contributed by atoms with Crippen LogP contribution in [0.2, 0.25) is 0 Å². The Morgan fingerprint density at radius 1 is 1.10 bits per heavy atom. The highest BCUT2D eigenvalue weighted by Crippen LogP contribution is 2.43. The zero-order chi connectivity index (χ0) is 14.9. The van der Waals surface area contributed by atoms with Gasteiger partial charge in [0, 0.05) is 12.2 Å². The van der Waals surface area contributed by atoms with Gasteiger partial charge in [0.1, 0.15) is 0 Å².